The summed E-state index contributed by atoms with van der Waals surface area (Å²) in [5.41, 5.74) is 1.72. The van der Waals surface area contributed by atoms with E-state index in [9.17, 15) is 13.2 Å². The molecule has 8 nitrogen and oxygen atoms in total. The smallest absolute Gasteiger partial charge is 0.227 e. The summed E-state index contributed by atoms with van der Waals surface area (Å²) in [6.45, 7) is 6.62. The highest BCUT2D eigenvalue weighted by Crippen LogP contribution is 2.18. The van der Waals surface area contributed by atoms with Gasteiger partial charge in [0, 0.05) is 38.7 Å². The van der Waals surface area contributed by atoms with Crippen molar-refractivity contribution < 1.29 is 17.7 Å². The molecule has 0 radical (unpaired) electrons. The van der Waals surface area contributed by atoms with Gasteiger partial charge in [-0.3, -0.25) is 4.79 Å². The van der Waals surface area contributed by atoms with Crippen molar-refractivity contribution in [3.63, 3.8) is 0 Å². The molecule has 0 spiro atoms. The lowest BCUT2D eigenvalue weighted by Gasteiger charge is -2.35. The van der Waals surface area contributed by atoms with E-state index >= 15 is 0 Å². The summed E-state index contributed by atoms with van der Waals surface area (Å²) in [6, 6.07) is 7.47. The van der Waals surface area contributed by atoms with Crippen LogP contribution in [-0.2, 0) is 21.2 Å². The van der Waals surface area contributed by atoms with Gasteiger partial charge in [-0.1, -0.05) is 29.4 Å². The van der Waals surface area contributed by atoms with E-state index in [1.165, 1.54) is 4.31 Å². The number of rotatable bonds is 5. The summed E-state index contributed by atoms with van der Waals surface area (Å²) in [5.74, 6) is 1.02. The Hall–Kier alpha value is -2.26. The van der Waals surface area contributed by atoms with E-state index < -0.39 is 15.3 Å². The molecule has 1 aromatic heterocycles. The molecule has 1 fully saturated rings. The molecule has 0 bridgehead atoms. The normalized spacial score (nSPS) is 16.1. The summed E-state index contributed by atoms with van der Waals surface area (Å²) < 4.78 is 30.9. The fraction of sp³-hybridized carbons (Fsp3) is 0.500. The van der Waals surface area contributed by atoms with Gasteiger partial charge in [-0.2, -0.15) is 9.29 Å². The van der Waals surface area contributed by atoms with Crippen molar-refractivity contribution in [2.75, 3.05) is 26.2 Å². The topological polar surface area (TPSA) is 96.6 Å². The van der Waals surface area contributed by atoms with Crippen molar-refractivity contribution in [2.45, 2.75) is 32.4 Å². The van der Waals surface area contributed by atoms with Gasteiger partial charge < -0.3 is 9.42 Å². The van der Waals surface area contributed by atoms with E-state index in [2.05, 4.69) is 10.1 Å². The minimum absolute atomic E-state index is 0.000231. The van der Waals surface area contributed by atoms with Crippen molar-refractivity contribution in [3.8, 4) is 11.4 Å². The van der Waals surface area contributed by atoms with Crippen LogP contribution in [0.1, 0.15) is 25.3 Å². The van der Waals surface area contributed by atoms with Crippen LogP contribution in [0.3, 0.4) is 0 Å². The van der Waals surface area contributed by atoms with Gasteiger partial charge in [0.1, 0.15) is 0 Å². The summed E-state index contributed by atoms with van der Waals surface area (Å²) in [4.78, 5) is 18.4. The molecular formula is C18H24N4O4S. The minimum atomic E-state index is -3.26. The molecule has 1 saturated heterocycles. The fourth-order valence-corrected chi connectivity index (χ4v) is 4.23. The maximum absolute atomic E-state index is 12.5. The Morgan fingerprint density at radius 2 is 1.78 bits per heavy atom. The molecule has 2 aromatic rings. The number of piperazine rings is 1. The third-order valence-corrected chi connectivity index (χ3v) is 6.92. The van der Waals surface area contributed by atoms with Gasteiger partial charge in [-0.25, -0.2) is 8.42 Å². The highest BCUT2D eigenvalue weighted by atomic mass is 32.2. The number of nitrogens with zero attached hydrogens (tertiary/aromatic N) is 4. The van der Waals surface area contributed by atoms with Crippen LogP contribution < -0.4 is 0 Å². The van der Waals surface area contributed by atoms with E-state index in [1.807, 2.05) is 24.3 Å². The van der Waals surface area contributed by atoms with E-state index in [-0.39, 0.29) is 12.3 Å². The molecule has 1 aliphatic heterocycles. The lowest BCUT2D eigenvalue weighted by molar-refractivity contribution is -0.131. The summed E-state index contributed by atoms with van der Waals surface area (Å²) >= 11 is 0. The number of hydrogen-bond acceptors (Lipinski definition) is 6. The molecule has 27 heavy (non-hydrogen) atoms. The monoisotopic (exact) mass is 392 g/mol. The molecule has 0 atom stereocenters. The first-order chi connectivity index (χ1) is 12.8. The molecule has 0 saturated carbocycles. The minimum Gasteiger partial charge on any atom is -0.340 e. The van der Waals surface area contributed by atoms with Gasteiger partial charge in [0.2, 0.25) is 27.6 Å². The van der Waals surface area contributed by atoms with Crippen molar-refractivity contribution in [3.05, 3.63) is 35.7 Å². The van der Waals surface area contributed by atoms with Crippen LogP contribution in [-0.4, -0.2) is 65.1 Å². The van der Waals surface area contributed by atoms with Gasteiger partial charge in [-0.05, 0) is 19.4 Å². The summed E-state index contributed by atoms with van der Waals surface area (Å²) in [5, 5.41) is 3.43. The lowest BCUT2D eigenvalue weighted by atomic mass is 10.1. The Morgan fingerprint density at radius 1 is 1.15 bits per heavy atom. The SMILES string of the molecule is Cc1nc(-c2ccc(CC(=O)N3CCN(S(=O)(=O)C(C)C)CC3)cc2)no1. The molecule has 9 heteroatoms. The average molecular weight is 392 g/mol. The predicted molar refractivity (Wildman–Crippen MR) is 100 cm³/mol. The standard InChI is InChI=1S/C18H24N4O4S/c1-13(2)27(24,25)22-10-8-21(9-11-22)17(23)12-15-4-6-16(7-5-15)18-19-14(3)26-20-18/h4-7,13H,8-12H2,1-3H3. The van der Waals surface area contributed by atoms with Crippen molar-refractivity contribution in [1.29, 1.82) is 0 Å². The molecule has 0 aliphatic carbocycles. The molecule has 1 aromatic carbocycles. The Balaban J connectivity index is 1.57. The second-order valence-corrected chi connectivity index (χ2v) is 9.37. The number of benzene rings is 1. The van der Waals surface area contributed by atoms with Gasteiger partial charge in [-0.15, -0.1) is 0 Å². The summed E-state index contributed by atoms with van der Waals surface area (Å²) in [6.07, 6.45) is 0.280. The second-order valence-electron chi connectivity index (χ2n) is 6.88. The van der Waals surface area contributed by atoms with E-state index in [4.69, 9.17) is 4.52 Å². The first kappa shape index (κ1) is 19.5. The van der Waals surface area contributed by atoms with E-state index in [1.54, 1.807) is 25.7 Å². The second kappa shape index (κ2) is 7.77. The Bertz CT molecular complexity index is 898. The first-order valence-electron chi connectivity index (χ1n) is 8.93. The Kier molecular flexibility index (Phi) is 5.61. The van der Waals surface area contributed by atoms with Crippen molar-refractivity contribution in [2.24, 2.45) is 0 Å². The number of hydrogen-bond donors (Lipinski definition) is 0. The Labute approximate surface area is 159 Å². The lowest BCUT2D eigenvalue weighted by Crippen LogP contribution is -2.52. The number of aryl methyl sites for hydroxylation is 1. The molecule has 146 valence electrons. The highest BCUT2D eigenvalue weighted by molar-refractivity contribution is 7.89. The van der Waals surface area contributed by atoms with Crippen LogP contribution in [0.25, 0.3) is 11.4 Å². The third-order valence-electron chi connectivity index (χ3n) is 4.64. The van der Waals surface area contributed by atoms with Crippen LogP contribution in [0.15, 0.2) is 28.8 Å². The van der Waals surface area contributed by atoms with Crippen molar-refractivity contribution in [1.82, 2.24) is 19.3 Å². The van der Waals surface area contributed by atoms with E-state index in [0.717, 1.165) is 11.1 Å². The van der Waals surface area contributed by atoms with Gasteiger partial charge in [0.15, 0.2) is 0 Å². The molecule has 1 amide bonds. The highest BCUT2D eigenvalue weighted by Gasteiger charge is 2.30. The number of aromatic nitrogens is 2. The van der Waals surface area contributed by atoms with Crippen LogP contribution in [0.4, 0.5) is 0 Å². The first-order valence-corrected chi connectivity index (χ1v) is 10.4. The third kappa shape index (κ3) is 4.36. The number of sulfonamides is 1. The number of carbonyl (C=O) groups excluding carboxylic acids is 1. The van der Waals surface area contributed by atoms with Crippen LogP contribution in [0.5, 0.6) is 0 Å². The van der Waals surface area contributed by atoms with Crippen LogP contribution in [0, 0.1) is 6.92 Å². The van der Waals surface area contributed by atoms with Crippen LogP contribution in [0.2, 0.25) is 0 Å². The van der Waals surface area contributed by atoms with Crippen molar-refractivity contribution >= 4 is 15.9 Å². The van der Waals surface area contributed by atoms with Gasteiger partial charge in [0.05, 0.1) is 11.7 Å². The molecular weight excluding hydrogens is 368 g/mol. The zero-order valence-corrected chi connectivity index (χ0v) is 16.6. The molecule has 0 N–H and O–H groups in total. The Morgan fingerprint density at radius 3 is 2.30 bits per heavy atom. The maximum atomic E-state index is 12.5. The van der Waals surface area contributed by atoms with E-state index in [0.29, 0.717) is 37.9 Å². The molecule has 3 rings (SSSR count). The molecule has 0 unspecified atom stereocenters. The quantitative estimate of drug-likeness (QED) is 0.764. The largest absolute Gasteiger partial charge is 0.340 e. The summed E-state index contributed by atoms with van der Waals surface area (Å²) in [7, 11) is -3.26. The van der Waals surface area contributed by atoms with Gasteiger partial charge >= 0.3 is 0 Å². The number of carbonyl (C=O) groups is 1. The van der Waals surface area contributed by atoms with Gasteiger partial charge in [0.25, 0.3) is 0 Å². The number of amides is 1. The molecule has 1 aliphatic rings. The average Bonchev–Trinajstić information content (AvgIpc) is 3.08. The fourth-order valence-electron chi connectivity index (χ4n) is 2.96. The maximum Gasteiger partial charge on any atom is 0.227 e. The zero-order valence-electron chi connectivity index (χ0n) is 15.8. The molecule has 2 heterocycles. The zero-order chi connectivity index (χ0) is 19.6. The predicted octanol–water partition coefficient (Wildman–Crippen LogP) is 1.47. The van der Waals surface area contributed by atoms with Crippen LogP contribution >= 0.6 is 0 Å².